The fourth-order valence-electron chi connectivity index (χ4n) is 2.33. The first-order valence-corrected chi connectivity index (χ1v) is 6.64. The average Bonchev–Trinajstić information content (AvgIpc) is 2.81. The summed E-state index contributed by atoms with van der Waals surface area (Å²) in [6, 6.07) is 1.56. The van der Waals surface area contributed by atoms with Crippen LogP contribution in [0.25, 0.3) is 0 Å². The third-order valence-corrected chi connectivity index (χ3v) is 3.60. The molecule has 1 aliphatic heterocycles. The summed E-state index contributed by atoms with van der Waals surface area (Å²) in [6.45, 7) is 4.03. The molecule has 1 aromatic rings. The summed E-state index contributed by atoms with van der Waals surface area (Å²) in [7, 11) is 1.74. The number of aryl methyl sites for hydroxylation is 1. The molecule has 0 aliphatic carbocycles. The summed E-state index contributed by atoms with van der Waals surface area (Å²) in [6.07, 6.45) is 1.31. The summed E-state index contributed by atoms with van der Waals surface area (Å²) < 4.78 is 7.09. The first-order chi connectivity index (χ1) is 9.43. The summed E-state index contributed by atoms with van der Waals surface area (Å²) in [4.78, 5) is 25.7. The van der Waals surface area contributed by atoms with Gasteiger partial charge < -0.3 is 19.3 Å². The molecule has 1 amide bonds. The van der Waals surface area contributed by atoms with Crippen LogP contribution in [0.3, 0.4) is 0 Å². The van der Waals surface area contributed by atoms with Gasteiger partial charge in [0.15, 0.2) is 5.78 Å². The first-order valence-electron chi connectivity index (χ1n) is 6.64. The number of ether oxygens (including phenoxy) is 1. The van der Waals surface area contributed by atoms with Gasteiger partial charge in [0.25, 0.3) is 5.91 Å². The maximum atomic E-state index is 12.6. The van der Waals surface area contributed by atoms with Crippen LogP contribution in [-0.2, 0) is 11.8 Å². The number of amides is 1. The maximum absolute atomic E-state index is 12.6. The van der Waals surface area contributed by atoms with Crippen molar-refractivity contribution < 1.29 is 19.4 Å². The fraction of sp³-hybridized carbons (Fsp3) is 0.571. The van der Waals surface area contributed by atoms with Gasteiger partial charge in [-0.25, -0.2) is 0 Å². The molecular formula is C14H20N2O4. The Morgan fingerprint density at radius 3 is 2.75 bits per heavy atom. The highest BCUT2D eigenvalue weighted by atomic mass is 16.5. The molecule has 2 heterocycles. The number of Topliss-reactive ketones (excluding diaryl/α,β-unsaturated/α-hetero) is 1. The van der Waals surface area contributed by atoms with E-state index in [4.69, 9.17) is 9.84 Å². The number of hydrogen-bond donors (Lipinski definition) is 1. The summed E-state index contributed by atoms with van der Waals surface area (Å²) in [5, 5.41) is 9.17. The Morgan fingerprint density at radius 1 is 1.50 bits per heavy atom. The Kier molecular flexibility index (Phi) is 4.25. The molecule has 1 fully saturated rings. The molecule has 0 aromatic carbocycles. The van der Waals surface area contributed by atoms with Gasteiger partial charge in [-0.1, -0.05) is 0 Å². The van der Waals surface area contributed by atoms with Crippen molar-refractivity contribution >= 4 is 11.7 Å². The number of carbonyl (C=O) groups is 2. The molecule has 1 N–H and O–H groups in total. The van der Waals surface area contributed by atoms with Crippen molar-refractivity contribution in [1.29, 1.82) is 0 Å². The Balaban J connectivity index is 2.23. The normalized spacial score (nSPS) is 22.9. The minimum absolute atomic E-state index is 0.0546. The van der Waals surface area contributed by atoms with Crippen LogP contribution >= 0.6 is 0 Å². The number of hydrogen-bond acceptors (Lipinski definition) is 4. The monoisotopic (exact) mass is 280 g/mol. The molecule has 2 unspecified atom stereocenters. The Hall–Kier alpha value is -1.66. The molecular weight excluding hydrogens is 260 g/mol. The Bertz CT molecular complexity index is 523. The molecule has 110 valence electrons. The molecule has 0 radical (unpaired) electrons. The second-order valence-electron chi connectivity index (χ2n) is 5.23. The molecule has 0 spiro atoms. The molecule has 2 rings (SSSR count). The lowest BCUT2D eigenvalue weighted by atomic mass is 10.1. The molecule has 0 saturated carbocycles. The zero-order valence-corrected chi connectivity index (χ0v) is 12.0. The summed E-state index contributed by atoms with van der Waals surface area (Å²) >= 11 is 0. The number of morpholine rings is 1. The molecule has 6 heteroatoms. The van der Waals surface area contributed by atoms with Crippen LogP contribution in [0.1, 0.15) is 34.7 Å². The van der Waals surface area contributed by atoms with E-state index < -0.39 is 0 Å². The molecule has 1 aromatic heterocycles. The van der Waals surface area contributed by atoms with Gasteiger partial charge in [-0.15, -0.1) is 0 Å². The van der Waals surface area contributed by atoms with E-state index in [1.165, 1.54) is 6.92 Å². The van der Waals surface area contributed by atoms with E-state index in [-0.39, 0.29) is 30.4 Å². The second-order valence-corrected chi connectivity index (χ2v) is 5.23. The Labute approximate surface area is 117 Å². The predicted molar refractivity (Wildman–Crippen MR) is 72.7 cm³/mol. The van der Waals surface area contributed by atoms with Gasteiger partial charge in [0.05, 0.1) is 25.4 Å². The van der Waals surface area contributed by atoms with Crippen molar-refractivity contribution in [1.82, 2.24) is 9.47 Å². The van der Waals surface area contributed by atoms with Crippen molar-refractivity contribution in [2.24, 2.45) is 7.05 Å². The number of aliphatic hydroxyl groups is 1. The zero-order valence-electron chi connectivity index (χ0n) is 12.0. The predicted octanol–water partition coefficient (Wildman–Crippen LogP) is 0.449. The SMILES string of the molecule is CC(=O)c1cc(C(=O)N2CC(CO)OCC2C)n(C)c1. The van der Waals surface area contributed by atoms with Crippen molar-refractivity contribution in [2.45, 2.75) is 26.0 Å². The van der Waals surface area contributed by atoms with E-state index in [1.807, 2.05) is 6.92 Å². The third kappa shape index (κ3) is 2.76. The van der Waals surface area contributed by atoms with Gasteiger partial charge in [-0.2, -0.15) is 0 Å². The van der Waals surface area contributed by atoms with Gasteiger partial charge >= 0.3 is 0 Å². The van der Waals surface area contributed by atoms with E-state index in [0.717, 1.165) is 0 Å². The number of aliphatic hydroxyl groups excluding tert-OH is 1. The minimum atomic E-state index is -0.345. The van der Waals surface area contributed by atoms with Crippen molar-refractivity contribution in [3.63, 3.8) is 0 Å². The molecule has 0 bridgehead atoms. The van der Waals surface area contributed by atoms with Crippen LogP contribution in [-0.4, -0.2) is 58.2 Å². The first kappa shape index (κ1) is 14.7. The van der Waals surface area contributed by atoms with E-state index in [2.05, 4.69) is 0 Å². The summed E-state index contributed by atoms with van der Waals surface area (Å²) in [5.74, 6) is -0.211. The van der Waals surface area contributed by atoms with Gasteiger partial charge in [0.1, 0.15) is 5.69 Å². The van der Waals surface area contributed by atoms with Crippen molar-refractivity contribution in [2.75, 3.05) is 19.8 Å². The van der Waals surface area contributed by atoms with E-state index >= 15 is 0 Å². The molecule has 1 saturated heterocycles. The smallest absolute Gasteiger partial charge is 0.270 e. The molecule has 20 heavy (non-hydrogen) atoms. The molecule has 2 atom stereocenters. The average molecular weight is 280 g/mol. The largest absolute Gasteiger partial charge is 0.394 e. The zero-order chi connectivity index (χ0) is 14.9. The van der Waals surface area contributed by atoms with Gasteiger partial charge in [0, 0.05) is 25.4 Å². The van der Waals surface area contributed by atoms with Crippen LogP contribution in [0.2, 0.25) is 0 Å². The molecule has 6 nitrogen and oxygen atoms in total. The second kappa shape index (κ2) is 5.76. The van der Waals surface area contributed by atoms with Crippen LogP contribution in [0.5, 0.6) is 0 Å². The van der Waals surface area contributed by atoms with Gasteiger partial charge in [0.2, 0.25) is 0 Å². The van der Waals surface area contributed by atoms with Crippen LogP contribution < -0.4 is 0 Å². The topological polar surface area (TPSA) is 71.8 Å². The maximum Gasteiger partial charge on any atom is 0.270 e. The lowest BCUT2D eigenvalue weighted by molar-refractivity contribution is -0.0669. The van der Waals surface area contributed by atoms with Crippen molar-refractivity contribution in [3.05, 3.63) is 23.5 Å². The minimum Gasteiger partial charge on any atom is -0.394 e. The standard InChI is InChI=1S/C14H20N2O4/c1-9-8-20-12(7-17)6-16(9)14(19)13-4-11(10(2)18)5-15(13)3/h4-5,9,12,17H,6-8H2,1-3H3. The number of aromatic nitrogens is 1. The fourth-order valence-corrected chi connectivity index (χ4v) is 2.33. The number of nitrogens with zero attached hydrogens (tertiary/aromatic N) is 2. The van der Waals surface area contributed by atoms with E-state index in [1.54, 1.807) is 28.8 Å². The lowest BCUT2D eigenvalue weighted by Crippen LogP contribution is -2.52. The van der Waals surface area contributed by atoms with Gasteiger partial charge in [-0.05, 0) is 19.9 Å². The van der Waals surface area contributed by atoms with Crippen LogP contribution in [0.15, 0.2) is 12.3 Å². The van der Waals surface area contributed by atoms with E-state index in [0.29, 0.717) is 24.4 Å². The Morgan fingerprint density at radius 2 is 2.20 bits per heavy atom. The van der Waals surface area contributed by atoms with E-state index in [9.17, 15) is 9.59 Å². The van der Waals surface area contributed by atoms with Crippen LogP contribution in [0, 0.1) is 0 Å². The highest BCUT2D eigenvalue weighted by molar-refractivity contribution is 5.99. The number of ketones is 1. The van der Waals surface area contributed by atoms with Gasteiger partial charge in [-0.3, -0.25) is 9.59 Å². The lowest BCUT2D eigenvalue weighted by Gasteiger charge is -2.37. The number of rotatable bonds is 3. The quantitative estimate of drug-likeness (QED) is 0.816. The highest BCUT2D eigenvalue weighted by Crippen LogP contribution is 2.17. The van der Waals surface area contributed by atoms with Crippen molar-refractivity contribution in [3.8, 4) is 0 Å². The highest BCUT2D eigenvalue weighted by Gasteiger charge is 2.31. The molecule has 1 aliphatic rings. The summed E-state index contributed by atoms with van der Waals surface area (Å²) in [5.41, 5.74) is 0.996. The van der Waals surface area contributed by atoms with Crippen LogP contribution in [0.4, 0.5) is 0 Å². The number of carbonyl (C=O) groups excluding carboxylic acids is 2. The third-order valence-electron chi connectivity index (χ3n) is 3.60.